The average molecular weight is 377 g/mol. The molecule has 26 heavy (non-hydrogen) atoms. The molecule has 0 bridgehead atoms. The molecule has 1 saturated heterocycles. The molecule has 0 atom stereocenters. The molecule has 2 amide bonds. The summed E-state index contributed by atoms with van der Waals surface area (Å²) in [5, 5.41) is 7.60. The first-order chi connectivity index (χ1) is 12.5. The van der Waals surface area contributed by atoms with Gasteiger partial charge in [0.05, 0.1) is 12.2 Å². The number of carbonyl (C=O) groups is 2. The molecule has 0 unspecified atom stereocenters. The number of piperazine rings is 1. The van der Waals surface area contributed by atoms with Crippen LogP contribution in [0.2, 0.25) is 5.02 Å². The summed E-state index contributed by atoms with van der Waals surface area (Å²) < 4.78 is 1.63. The van der Waals surface area contributed by atoms with Gasteiger partial charge in [-0.05, 0) is 31.2 Å². The van der Waals surface area contributed by atoms with Gasteiger partial charge in [-0.15, -0.1) is 5.10 Å². The molecule has 0 saturated carbocycles. The van der Waals surface area contributed by atoms with Crippen molar-refractivity contribution in [3.63, 3.8) is 0 Å². The van der Waals surface area contributed by atoms with E-state index in [2.05, 4.69) is 15.4 Å². The number of carbonyl (C=O) groups excluding carboxylic acids is 2. The van der Waals surface area contributed by atoms with E-state index in [0.717, 1.165) is 5.69 Å². The Kier molecular flexibility index (Phi) is 5.53. The second kappa shape index (κ2) is 7.84. The first-order valence-electron chi connectivity index (χ1n) is 8.39. The third-order valence-corrected chi connectivity index (χ3v) is 4.59. The van der Waals surface area contributed by atoms with Gasteiger partial charge in [-0.3, -0.25) is 14.5 Å². The molecule has 0 aliphatic carbocycles. The molecular formula is C17H21ClN6O2. The number of nitrogens with zero attached hydrogens (tertiary/aromatic N) is 5. The largest absolute Gasteiger partial charge is 0.358 e. The van der Waals surface area contributed by atoms with Crippen LogP contribution in [0.25, 0.3) is 5.69 Å². The van der Waals surface area contributed by atoms with Crippen molar-refractivity contribution in [2.45, 2.75) is 6.92 Å². The van der Waals surface area contributed by atoms with E-state index in [1.54, 1.807) is 35.7 Å². The highest BCUT2D eigenvalue weighted by Crippen LogP contribution is 2.15. The van der Waals surface area contributed by atoms with Gasteiger partial charge in [0, 0.05) is 38.2 Å². The van der Waals surface area contributed by atoms with Crippen LogP contribution in [0, 0.1) is 6.92 Å². The van der Waals surface area contributed by atoms with Crippen LogP contribution in [0.5, 0.6) is 0 Å². The monoisotopic (exact) mass is 376 g/mol. The topological polar surface area (TPSA) is 83.4 Å². The molecule has 2 aromatic rings. The highest BCUT2D eigenvalue weighted by atomic mass is 35.5. The molecule has 1 aliphatic rings. The zero-order chi connectivity index (χ0) is 18.7. The molecule has 0 radical (unpaired) electrons. The zero-order valence-electron chi connectivity index (χ0n) is 14.8. The van der Waals surface area contributed by atoms with Crippen molar-refractivity contribution >= 4 is 23.4 Å². The third kappa shape index (κ3) is 4.03. The standard InChI is InChI=1S/C17H21ClN6O2/c1-12-20-16(21-24(12)14-5-3-13(18)4-6-14)17(26)23-9-7-22(8-10-23)11-15(25)19-2/h3-6H,7-11H2,1-2H3,(H,19,25). The maximum atomic E-state index is 12.7. The number of aryl methyl sites for hydroxylation is 1. The summed E-state index contributed by atoms with van der Waals surface area (Å²) in [6.07, 6.45) is 0. The van der Waals surface area contributed by atoms with Crippen LogP contribution in [-0.2, 0) is 4.79 Å². The molecule has 1 aliphatic heterocycles. The second-order valence-electron chi connectivity index (χ2n) is 6.11. The lowest BCUT2D eigenvalue weighted by Gasteiger charge is -2.33. The number of aromatic nitrogens is 3. The third-order valence-electron chi connectivity index (χ3n) is 4.34. The smallest absolute Gasteiger partial charge is 0.293 e. The molecule has 8 nitrogen and oxygen atoms in total. The van der Waals surface area contributed by atoms with Crippen LogP contribution in [-0.4, -0.2) is 76.2 Å². The maximum Gasteiger partial charge on any atom is 0.293 e. The predicted molar refractivity (Wildman–Crippen MR) is 97.5 cm³/mol. The van der Waals surface area contributed by atoms with Crippen molar-refractivity contribution in [3.8, 4) is 5.69 Å². The van der Waals surface area contributed by atoms with Crippen molar-refractivity contribution in [3.05, 3.63) is 40.9 Å². The van der Waals surface area contributed by atoms with Crippen molar-refractivity contribution in [1.82, 2.24) is 29.9 Å². The van der Waals surface area contributed by atoms with Gasteiger partial charge in [0.15, 0.2) is 0 Å². The molecule has 9 heteroatoms. The number of halogens is 1. The lowest BCUT2D eigenvalue weighted by atomic mass is 10.3. The second-order valence-corrected chi connectivity index (χ2v) is 6.55. The summed E-state index contributed by atoms with van der Waals surface area (Å²) >= 11 is 5.91. The Bertz CT molecular complexity index is 796. The van der Waals surface area contributed by atoms with Gasteiger partial charge < -0.3 is 10.2 Å². The Morgan fingerprint density at radius 3 is 2.42 bits per heavy atom. The predicted octanol–water partition coefficient (Wildman–Crippen LogP) is 0.733. The van der Waals surface area contributed by atoms with Gasteiger partial charge >= 0.3 is 0 Å². The molecule has 1 aromatic carbocycles. The fraction of sp³-hybridized carbons (Fsp3) is 0.412. The van der Waals surface area contributed by atoms with Crippen LogP contribution in [0.15, 0.2) is 24.3 Å². The molecule has 0 spiro atoms. The van der Waals surface area contributed by atoms with Crippen molar-refractivity contribution in [2.24, 2.45) is 0 Å². The number of rotatable bonds is 4. The summed E-state index contributed by atoms with van der Waals surface area (Å²) in [4.78, 5) is 32.2. The number of likely N-dealkylation sites (N-methyl/N-ethyl adjacent to an activating group) is 1. The number of nitrogens with one attached hydrogen (secondary N) is 1. The first-order valence-corrected chi connectivity index (χ1v) is 8.77. The molecular weight excluding hydrogens is 356 g/mol. The lowest BCUT2D eigenvalue weighted by molar-refractivity contribution is -0.122. The summed E-state index contributed by atoms with van der Waals surface area (Å²) in [6.45, 7) is 4.54. The number of hydrogen-bond acceptors (Lipinski definition) is 5. The fourth-order valence-corrected chi connectivity index (χ4v) is 2.97. The molecule has 1 fully saturated rings. The van der Waals surface area contributed by atoms with Crippen LogP contribution in [0.3, 0.4) is 0 Å². The highest BCUT2D eigenvalue weighted by molar-refractivity contribution is 6.30. The quantitative estimate of drug-likeness (QED) is 0.850. The minimum Gasteiger partial charge on any atom is -0.358 e. The molecule has 2 heterocycles. The summed E-state index contributed by atoms with van der Waals surface area (Å²) in [7, 11) is 1.62. The average Bonchev–Trinajstić information content (AvgIpc) is 3.04. The van der Waals surface area contributed by atoms with Crippen LogP contribution < -0.4 is 5.32 Å². The Morgan fingerprint density at radius 2 is 1.81 bits per heavy atom. The molecule has 3 rings (SSSR count). The SMILES string of the molecule is CNC(=O)CN1CCN(C(=O)c2nc(C)n(-c3ccc(Cl)cc3)n2)CC1. The molecule has 1 aromatic heterocycles. The van der Waals surface area contributed by atoms with E-state index in [1.165, 1.54) is 0 Å². The Labute approximate surface area is 156 Å². The minimum atomic E-state index is -0.194. The van der Waals surface area contributed by atoms with Gasteiger partial charge in [0.25, 0.3) is 5.91 Å². The summed E-state index contributed by atoms with van der Waals surface area (Å²) in [5.74, 6) is 0.593. The summed E-state index contributed by atoms with van der Waals surface area (Å²) in [5.41, 5.74) is 0.800. The first kappa shape index (κ1) is 18.3. The fourth-order valence-electron chi connectivity index (χ4n) is 2.84. The van der Waals surface area contributed by atoms with Gasteiger partial charge in [0.2, 0.25) is 11.7 Å². The number of benzene rings is 1. The number of hydrogen-bond donors (Lipinski definition) is 1. The van der Waals surface area contributed by atoms with Crippen LogP contribution in [0.1, 0.15) is 16.4 Å². The molecule has 138 valence electrons. The van der Waals surface area contributed by atoms with Gasteiger partial charge in [-0.2, -0.15) is 0 Å². The van der Waals surface area contributed by atoms with E-state index in [1.807, 2.05) is 17.0 Å². The van der Waals surface area contributed by atoms with Gasteiger partial charge in [-0.1, -0.05) is 11.6 Å². The Morgan fingerprint density at radius 1 is 1.15 bits per heavy atom. The van der Waals surface area contributed by atoms with E-state index >= 15 is 0 Å². The van der Waals surface area contributed by atoms with Gasteiger partial charge in [0.1, 0.15) is 5.82 Å². The van der Waals surface area contributed by atoms with Crippen molar-refractivity contribution in [2.75, 3.05) is 39.8 Å². The summed E-state index contributed by atoms with van der Waals surface area (Å²) in [6, 6.07) is 7.20. The van der Waals surface area contributed by atoms with E-state index in [-0.39, 0.29) is 17.6 Å². The van der Waals surface area contributed by atoms with E-state index in [4.69, 9.17) is 11.6 Å². The Balaban J connectivity index is 1.67. The minimum absolute atomic E-state index is 0.0243. The van der Waals surface area contributed by atoms with E-state index in [9.17, 15) is 9.59 Å². The van der Waals surface area contributed by atoms with Crippen molar-refractivity contribution in [1.29, 1.82) is 0 Å². The van der Waals surface area contributed by atoms with E-state index < -0.39 is 0 Å². The Hall–Kier alpha value is -2.45. The van der Waals surface area contributed by atoms with Crippen LogP contribution in [0.4, 0.5) is 0 Å². The van der Waals surface area contributed by atoms with Crippen molar-refractivity contribution < 1.29 is 9.59 Å². The normalized spacial score (nSPS) is 15.1. The zero-order valence-corrected chi connectivity index (χ0v) is 15.5. The highest BCUT2D eigenvalue weighted by Gasteiger charge is 2.26. The maximum absolute atomic E-state index is 12.7. The lowest BCUT2D eigenvalue weighted by Crippen LogP contribution is -2.51. The van der Waals surface area contributed by atoms with E-state index in [0.29, 0.717) is 43.6 Å². The number of amides is 2. The molecule has 1 N–H and O–H groups in total. The van der Waals surface area contributed by atoms with Crippen LogP contribution >= 0.6 is 11.6 Å². The van der Waals surface area contributed by atoms with Gasteiger partial charge in [-0.25, -0.2) is 9.67 Å².